The fourth-order valence-corrected chi connectivity index (χ4v) is 7.06. The normalized spacial score (nSPS) is 34.9. The van der Waals surface area contributed by atoms with E-state index in [1.165, 1.54) is 19.6 Å². The van der Waals surface area contributed by atoms with E-state index in [9.17, 15) is 19.2 Å². The zero-order chi connectivity index (χ0) is 26.4. The Hall–Kier alpha value is -3.62. The van der Waals surface area contributed by atoms with E-state index in [0.29, 0.717) is 30.5 Å². The molecule has 1 aliphatic heterocycles. The van der Waals surface area contributed by atoms with Crippen LogP contribution in [0, 0.1) is 28.6 Å². The second-order valence-corrected chi connectivity index (χ2v) is 10.8. The number of anilines is 1. The number of cyclic esters (lactones) is 1. The van der Waals surface area contributed by atoms with Gasteiger partial charge in [-0.05, 0) is 48.3 Å². The molecule has 5 rings (SSSR count). The first-order valence-electron chi connectivity index (χ1n) is 12.5. The minimum absolute atomic E-state index is 0.0249. The van der Waals surface area contributed by atoms with Crippen LogP contribution in [-0.4, -0.2) is 37.0 Å². The van der Waals surface area contributed by atoms with Crippen LogP contribution in [0.5, 0.6) is 0 Å². The Labute approximate surface area is 214 Å². The largest absolute Gasteiger partial charge is 0.472 e. The summed E-state index contributed by atoms with van der Waals surface area (Å²) >= 11 is 0. The SMILES string of the molecule is COC(=O)C1C[C@H](OC(=O)Nc2ccccc2)C(=O)[C@H]2C1(C)CC[C@H]1C(=O)O[C@H](c3ccoc3)C[C@@]12C. The topological polar surface area (TPSA) is 121 Å². The molecule has 3 aliphatic rings. The number of esters is 2. The second kappa shape index (κ2) is 9.36. The smallest absolute Gasteiger partial charge is 0.412 e. The van der Waals surface area contributed by atoms with Crippen molar-refractivity contribution in [3.05, 3.63) is 54.5 Å². The number of carbonyl (C=O) groups excluding carboxylic acids is 4. The number of ether oxygens (including phenoxy) is 3. The molecule has 0 bridgehead atoms. The van der Waals surface area contributed by atoms with Gasteiger partial charge < -0.3 is 18.6 Å². The third-order valence-electron chi connectivity index (χ3n) is 8.77. The summed E-state index contributed by atoms with van der Waals surface area (Å²) in [6, 6.07) is 10.5. The number of rotatable bonds is 4. The number of methoxy groups -OCH3 is 1. The number of amides is 1. The Balaban J connectivity index is 1.49. The number of fused-ring (bicyclic) bond motifs is 3. The van der Waals surface area contributed by atoms with Crippen LogP contribution in [0.3, 0.4) is 0 Å². The molecule has 1 aromatic carbocycles. The molecule has 2 aliphatic carbocycles. The third kappa shape index (κ3) is 4.20. The van der Waals surface area contributed by atoms with Gasteiger partial charge in [0.15, 0.2) is 11.9 Å². The van der Waals surface area contributed by atoms with Crippen molar-refractivity contribution in [3.8, 4) is 0 Å². The number of ketones is 1. The summed E-state index contributed by atoms with van der Waals surface area (Å²) in [5.74, 6) is -3.03. The number of Topliss-reactive ketones (excluding diaryl/α,β-unsaturated/α-hetero) is 1. The van der Waals surface area contributed by atoms with E-state index < -0.39 is 52.9 Å². The molecular weight excluding hydrogens is 478 g/mol. The fourth-order valence-electron chi connectivity index (χ4n) is 7.06. The summed E-state index contributed by atoms with van der Waals surface area (Å²) in [6.07, 6.45) is 1.88. The lowest BCUT2D eigenvalue weighted by molar-refractivity contribution is -0.207. The van der Waals surface area contributed by atoms with E-state index in [-0.39, 0.29) is 18.2 Å². The first-order chi connectivity index (χ1) is 17.7. The molecular formula is C28H31NO8. The molecule has 1 amide bonds. The molecule has 2 heterocycles. The molecule has 7 atom stereocenters. The van der Waals surface area contributed by atoms with Gasteiger partial charge in [0.25, 0.3) is 0 Å². The van der Waals surface area contributed by atoms with Gasteiger partial charge in [-0.3, -0.25) is 19.7 Å². The van der Waals surface area contributed by atoms with Crippen molar-refractivity contribution in [1.29, 1.82) is 0 Å². The van der Waals surface area contributed by atoms with Gasteiger partial charge in [0, 0.05) is 23.6 Å². The molecule has 0 radical (unpaired) electrons. The average molecular weight is 510 g/mol. The lowest BCUT2D eigenvalue weighted by atomic mass is 9.43. The van der Waals surface area contributed by atoms with E-state index in [0.717, 1.165) is 0 Å². The number of hydrogen-bond donors (Lipinski definition) is 1. The van der Waals surface area contributed by atoms with Crippen LogP contribution in [0.2, 0.25) is 0 Å². The van der Waals surface area contributed by atoms with Crippen molar-refractivity contribution >= 4 is 29.5 Å². The van der Waals surface area contributed by atoms with Gasteiger partial charge in [-0.2, -0.15) is 0 Å². The maximum absolute atomic E-state index is 14.1. The fraction of sp³-hybridized carbons (Fsp3) is 0.500. The number of para-hydroxylation sites is 1. The summed E-state index contributed by atoms with van der Waals surface area (Å²) in [5, 5.41) is 2.63. The summed E-state index contributed by atoms with van der Waals surface area (Å²) in [6.45, 7) is 3.84. The van der Waals surface area contributed by atoms with Crippen LogP contribution in [-0.2, 0) is 28.6 Å². The standard InChI is InChI=1S/C28H31NO8/c1-27-11-9-18-25(32)36-21(16-10-12-35-15-16)14-28(18,2)23(27)22(30)20(13-19(27)24(31)34-3)37-26(33)29-17-7-5-4-6-8-17/h4-8,10,12,15,18-21,23H,9,11,13-14H2,1-3H3,(H,29,33)/t18-,19?,20-,21-,23-,27?,28-/m0/s1. The first-order valence-corrected chi connectivity index (χ1v) is 12.5. The molecule has 1 N–H and O–H groups in total. The first kappa shape index (κ1) is 25.0. The molecule has 1 aromatic heterocycles. The highest BCUT2D eigenvalue weighted by Crippen LogP contribution is 2.65. The Morgan fingerprint density at radius 1 is 1.08 bits per heavy atom. The summed E-state index contributed by atoms with van der Waals surface area (Å²) in [4.78, 5) is 53.1. The lowest BCUT2D eigenvalue weighted by Crippen LogP contribution is -2.64. The minimum atomic E-state index is -1.16. The van der Waals surface area contributed by atoms with Crippen molar-refractivity contribution in [2.24, 2.45) is 28.6 Å². The Bertz CT molecular complexity index is 1190. The highest BCUT2D eigenvalue weighted by Gasteiger charge is 2.67. The highest BCUT2D eigenvalue weighted by molar-refractivity contribution is 5.94. The van der Waals surface area contributed by atoms with E-state index >= 15 is 0 Å². The maximum atomic E-state index is 14.1. The van der Waals surface area contributed by atoms with Crippen molar-refractivity contribution in [3.63, 3.8) is 0 Å². The number of carbonyl (C=O) groups is 4. The predicted octanol–water partition coefficient (Wildman–Crippen LogP) is 4.69. The van der Waals surface area contributed by atoms with Crippen LogP contribution in [0.25, 0.3) is 0 Å². The monoisotopic (exact) mass is 509 g/mol. The molecule has 2 unspecified atom stereocenters. The molecule has 3 fully saturated rings. The molecule has 9 nitrogen and oxygen atoms in total. The van der Waals surface area contributed by atoms with Gasteiger partial charge >= 0.3 is 18.0 Å². The van der Waals surface area contributed by atoms with Crippen molar-refractivity contribution in [2.75, 3.05) is 12.4 Å². The lowest BCUT2D eigenvalue weighted by Gasteiger charge is -2.60. The number of hydrogen-bond acceptors (Lipinski definition) is 8. The zero-order valence-electron chi connectivity index (χ0n) is 21.1. The van der Waals surface area contributed by atoms with E-state index in [1.54, 1.807) is 30.3 Å². The van der Waals surface area contributed by atoms with E-state index in [1.807, 2.05) is 19.9 Å². The second-order valence-electron chi connectivity index (χ2n) is 10.8. The van der Waals surface area contributed by atoms with Crippen molar-refractivity contribution in [2.45, 2.75) is 51.7 Å². The molecule has 1 saturated heterocycles. The van der Waals surface area contributed by atoms with Gasteiger partial charge in [0.2, 0.25) is 0 Å². The number of benzene rings is 1. The highest BCUT2D eigenvalue weighted by atomic mass is 16.6. The van der Waals surface area contributed by atoms with Gasteiger partial charge in [-0.25, -0.2) is 4.79 Å². The van der Waals surface area contributed by atoms with Crippen LogP contribution in [0.1, 0.15) is 51.2 Å². The number of nitrogens with one attached hydrogen (secondary N) is 1. The summed E-state index contributed by atoms with van der Waals surface area (Å²) in [5.41, 5.74) is -0.370. The van der Waals surface area contributed by atoms with E-state index in [2.05, 4.69) is 5.32 Å². The van der Waals surface area contributed by atoms with Crippen molar-refractivity contribution in [1.82, 2.24) is 0 Å². The Morgan fingerprint density at radius 3 is 2.51 bits per heavy atom. The third-order valence-corrected chi connectivity index (χ3v) is 8.77. The maximum Gasteiger partial charge on any atom is 0.412 e. The van der Waals surface area contributed by atoms with Crippen LogP contribution >= 0.6 is 0 Å². The molecule has 0 spiro atoms. The van der Waals surface area contributed by atoms with Gasteiger partial charge in [-0.1, -0.05) is 32.0 Å². The summed E-state index contributed by atoms with van der Waals surface area (Å²) in [7, 11) is 1.31. The van der Waals surface area contributed by atoms with Gasteiger partial charge in [-0.15, -0.1) is 0 Å². The van der Waals surface area contributed by atoms with Gasteiger partial charge in [0.1, 0.15) is 6.10 Å². The zero-order valence-corrected chi connectivity index (χ0v) is 21.1. The molecule has 2 saturated carbocycles. The van der Waals surface area contributed by atoms with Crippen LogP contribution in [0.4, 0.5) is 10.5 Å². The molecule has 9 heteroatoms. The summed E-state index contributed by atoms with van der Waals surface area (Å²) < 4.78 is 21.8. The minimum Gasteiger partial charge on any atom is -0.472 e. The van der Waals surface area contributed by atoms with Gasteiger partial charge in [0.05, 0.1) is 31.5 Å². The van der Waals surface area contributed by atoms with Crippen LogP contribution < -0.4 is 5.32 Å². The number of furan rings is 1. The molecule has 2 aromatic rings. The van der Waals surface area contributed by atoms with E-state index in [4.69, 9.17) is 18.6 Å². The Kier molecular flexibility index (Phi) is 6.33. The Morgan fingerprint density at radius 2 is 1.84 bits per heavy atom. The predicted molar refractivity (Wildman–Crippen MR) is 130 cm³/mol. The quantitative estimate of drug-likeness (QED) is 0.466. The van der Waals surface area contributed by atoms with Crippen LogP contribution in [0.15, 0.2) is 53.3 Å². The average Bonchev–Trinajstić information content (AvgIpc) is 3.40. The van der Waals surface area contributed by atoms with Crippen molar-refractivity contribution < 1.29 is 37.8 Å². The molecule has 196 valence electrons. The molecule has 37 heavy (non-hydrogen) atoms.